The molecule has 31 heavy (non-hydrogen) atoms. The lowest BCUT2D eigenvalue weighted by atomic mass is 10.2. The van der Waals surface area contributed by atoms with Crippen molar-refractivity contribution in [3.63, 3.8) is 0 Å². The van der Waals surface area contributed by atoms with Crippen LogP contribution < -0.4 is 15.5 Å². The van der Waals surface area contributed by atoms with Crippen molar-refractivity contribution in [3.8, 4) is 5.75 Å². The minimum absolute atomic E-state index is 0.343. The highest BCUT2D eigenvalue weighted by atomic mass is 79.9. The summed E-state index contributed by atoms with van der Waals surface area (Å²) in [5.41, 5.74) is 3.63. The minimum atomic E-state index is -0.910. The first-order valence-electron chi connectivity index (χ1n) is 8.88. The molecule has 0 saturated heterocycles. The van der Waals surface area contributed by atoms with Gasteiger partial charge in [0.25, 0.3) is 0 Å². The maximum atomic E-state index is 12.1. The van der Waals surface area contributed by atoms with Crippen molar-refractivity contribution >= 4 is 57.2 Å². The monoisotopic (exact) mass is 499 g/mol. The van der Waals surface area contributed by atoms with Crippen LogP contribution in [0.4, 0.5) is 5.69 Å². The second kappa shape index (κ2) is 10.5. The van der Waals surface area contributed by atoms with Gasteiger partial charge in [-0.3, -0.25) is 9.59 Å². The zero-order chi connectivity index (χ0) is 22.2. The second-order valence-electron chi connectivity index (χ2n) is 6.13. The van der Waals surface area contributed by atoms with Crippen molar-refractivity contribution < 1.29 is 19.1 Å². The van der Waals surface area contributed by atoms with Crippen LogP contribution in [-0.4, -0.2) is 24.0 Å². The lowest BCUT2D eigenvalue weighted by Crippen LogP contribution is -2.32. The van der Waals surface area contributed by atoms with Gasteiger partial charge in [0, 0.05) is 15.2 Å². The van der Waals surface area contributed by atoms with Crippen molar-refractivity contribution in [2.75, 3.05) is 5.32 Å². The number of hydrazone groups is 1. The summed E-state index contributed by atoms with van der Waals surface area (Å²) in [6, 6.07) is 19.6. The molecule has 0 heterocycles. The highest BCUT2D eigenvalue weighted by Crippen LogP contribution is 2.16. The molecule has 0 bridgehead atoms. The Morgan fingerprint density at radius 2 is 1.52 bits per heavy atom. The fourth-order valence-electron chi connectivity index (χ4n) is 2.31. The molecule has 0 aliphatic carbocycles. The number of esters is 1. The molecule has 2 N–H and O–H groups in total. The summed E-state index contributed by atoms with van der Waals surface area (Å²) >= 11 is 9.09. The molecule has 0 atom stereocenters. The van der Waals surface area contributed by atoms with Crippen LogP contribution in [0.25, 0.3) is 0 Å². The molecule has 9 heteroatoms. The number of amides is 2. The Morgan fingerprint density at radius 1 is 0.871 bits per heavy atom. The molecule has 0 radical (unpaired) electrons. The third-order valence-electron chi connectivity index (χ3n) is 3.86. The summed E-state index contributed by atoms with van der Waals surface area (Å²) in [5, 5.41) is 6.74. The van der Waals surface area contributed by atoms with Crippen LogP contribution in [0.5, 0.6) is 5.75 Å². The van der Waals surface area contributed by atoms with E-state index in [-0.39, 0.29) is 0 Å². The van der Waals surface area contributed by atoms with Gasteiger partial charge >= 0.3 is 17.8 Å². The predicted octanol–water partition coefficient (Wildman–Crippen LogP) is 4.41. The van der Waals surface area contributed by atoms with Crippen molar-refractivity contribution in [1.82, 2.24) is 5.43 Å². The fraction of sp³-hybridized carbons (Fsp3) is 0. The molecule has 7 nitrogen and oxygen atoms in total. The normalized spacial score (nSPS) is 10.5. The SMILES string of the molecule is O=C(NN=Cc1ccc(OC(=O)c2ccc(Cl)cc2)cc1)C(=O)Nc1ccc(Br)cc1. The largest absolute Gasteiger partial charge is 0.423 e. The maximum absolute atomic E-state index is 12.1. The van der Waals surface area contributed by atoms with Gasteiger partial charge in [-0.1, -0.05) is 27.5 Å². The van der Waals surface area contributed by atoms with Crippen LogP contribution >= 0.6 is 27.5 Å². The van der Waals surface area contributed by atoms with E-state index >= 15 is 0 Å². The van der Waals surface area contributed by atoms with Crippen LogP contribution in [0.3, 0.4) is 0 Å². The first kappa shape index (κ1) is 22.2. The number of halogens is 2. The van der Waals surface area contributed by atoms with E-state index in [0.717, 1.165) is 4.47 Å². The molecule has 3 aromatic rings. The van der Waals surface area contributed by atoms with Gasteiger partial charge in [0.15, 0.2) is 0 Å². The Balaban J connectivity index is 1.50. The summed E-state index contributed by atoms with van der Waals surface area (Å²) in [7, 11) is 0. The van der Waals surface area contributed by atoms with E-state index in [0.29, 0.717) is 27.6 Å². The predicted molar refractivity (Wildman–Crippen MR) is 121 cm³/mol. The quantitative estimate of drug-likeness (QED) is 0.178. The van der Waals surface area contributed by atoms with Crippen LogP contribution in [0.15, 0.2) is 82.4 Å². The van der Waals surface area contributed by atoms with Gasteiger partial charge in [-0.25, -0.2) is 10.2 Å². The number of ether oxygens (including phenoxy) is 1. The van der Waals surface area contributed by atoms with Crippen LogP contribution in [-0.2, 0) is 9.59 Å². The van der Waals surface area contributed by atoms with E-state index in [9.17, 15) is 14.4 Å². The van der Waals surface area contributed by atoms with E-state index in [2.05, 4.69) is 31.8 Å². The molecule has 0 aliphatic rings. The molecule has 3 rings (SSSR count). The van der Waals surface area contributed by atoms with Gasteiger partial charge in [-0.2, -0.15) is 5.10 Å². The summed E-state index contributed by atoms with van der Waals surface area (Å²) in [4.78, 5) is 35.8. The van der Waals surface area contributed by atoms with Crippen LogP contribution in [0, 0.1) is 0 Å². The number of nitrogens with one attached hydrogen (secondary N) is 2. The van der Waals surface area contributed by atoms with Crippen molar-refractivity contribution in [2.24, 2.45) is 5.10 Å². The van der Waals surface area contributed by atoms with Crippen molar-refractivity contribution in [3.05, 3.63) is 93.4 Å². The zero-order valence-corrected chi connectivity index (χ0v) is 18.2. The topological polar surface area (TPSA) is 96.9 Å². The first-order valence-corrected chi connectivity index (χ1v) is 10.1. The van der Waals surface area contributed by atoms with E-state index in [1.165, 1.54) is 6.21 Å². The number of rotatable bonds is 5. The molecule has 2 amide bonds. The zero-order valence-electron chi connectivity index (χ0n) is 15.8. The molecular weight excluding hydrogens is 486 g/mol. The first-order chi connectivity index (χ1) is 14.9. The maximum Gasteiger partial charge on any atom is 0.343 e. The molecule has 0 aliphatic heterocycles. The van der Waals surface area contributed by atoms with E-state index < -0.39 is 17.8 Å². The smallest absolute Gasteiger partial charge is 0.343 e. The molecule has 0 spiro atoms. The van der Waals surface area contributed by atoms with Gasteiger partial charge in [0.2, 0.25) is 0 Å². The number of carbonyl (C=O) groups is 3. The summed E-state index contributed by atoms with van der Waals surface area (Å²) in [5.74, 6) is -1.92. The number of carbonyl (C=O) groups excluding carboxylic acids is 3. The summed E-state index contributed by atoms with van der Waals surface area (Å²) in [6.45, 7) is 0. The lowest BCUT2D eigenvalue weighted by molar-refractivity contribution is -0.136. The second-order valence-corrected chi connectivity index (χ2v) is 7.48. The third kappa shape index (κ3) is 6.77. The average Bonchev–Trinajstić information content (AvgIpc) is 2.77. The van der Waals surface area contributed by atoms with Crippen LogP contribution in [0.1, 0.15) is 15.9 Å². The molecule has 0 fully saturated rings. The molecule has 3 aromatic carbocycles. The van der Waals surface area contributed by atoms with Crippen molar-refractivity contribution in [2.45, 2.75) is 0 Å². The van der Waals surface area contributed by atoms with E-state index in [4.69, 9.17) is 16.3 Å². The number of nitrogens with zero attached hydrogens (tertiary/aromatic N) is 1. The Bertz CT molecular complexity index is 1120. The van der Waals surface area contributed by atoms with Crippen molar-refractivity contribution in [1.29, 1.82) is 0 Å². The fourth-order valence-corrected chi connectivity index (χ4v) is 2.70. The van der Waals surface area contributed by atoms with Gasteiger partial charge in [0.05, 0.1) is 11.8 Å². The molecular formula is C22H15BrClN3O4. The Hall–Kier alpha value is -3.49. The molecule has 156 valence electrons. The van der Waals surface area contributed by atoms with Gasteiger partial charge in [-0.15, -0.1) is 0 Å². The highest BCUT2D eigenvalue weighted by Gasteiger charge is 2.12. The molecule has 0 saturated carbocycles. The number of benzene rings is 3. The van der Waals surface area contributed by atoms with Gasteiger partial charge in [0.1, 0.15) is 5.75 Å². The van der Waals surface area contributed by atoms with E-state index in [1.807, 2.05) is 0 Å². The Kier molecular flexibility index (Phi) is 7.53. The summed E-state index contributed by atoms with van der Waals surface area (Å²) in [6.07, 6.45) is 1.36. The standard InChI is InChI=1S/C22H15BrClN3O4/c23-16-5-9-18(10-6-16)26-20(28)21(29)27-25-13-14-1-11-19(12-2-14)31-22(30)15-3-7-17(24)8-4-15/h1-13H,(H,26,28)(H,27,29). The molecule has 0 aromatic heterocycles. The third-order valence-corrected chi connectivity index (χ3v) is 4.64. The Morgan fingerprint density at radius 3 is 2.16 bits per heavy atom. The lowest BCUT2D eigenvalue weighted by Gasteiger charge is -2.05. The Labute approximate surface area is 191 Å². The average molecular weight is 501 g/mol. The summed E-state index contributed by atoms with van der Waals surface area (Å²) < 4.78 is 6.13. The van der Waals surface area contributed by atoms with Crippen LogP contribution in [0.2, 0.25) is 5.02 Å². The number of anilines is 1. The number of hydrogen-bond donors (Lipinski definition) is 2. The van der Waals surface area contributed by atoms with Gasteiger partial charge in [-0.05, 0) is 78.4 Å². The van der Waals surface area contributed by atoms with E-state index in [1.54, 1.807) is 72.8 Å². The number of hydrogen-bond acceptors (Lipinski definition) is 5. The van der Waals surface area contributed by atoms with Gasteiger partial charge < -0.3 is 10.1 Å². The molecule has 0 unspecified atom stereocenters. The minimum Gasteiger partial charge on any atom is -0.423 e. The highest BCUT2D eigenvalue weighted by molar-refractivity contribution is 9.10.